The summed E-state index contributed by atoms with van der Waals surface area (Å²) in [5, 5.41) is 49.4. The van der Waals surface area contributed by atoms with Crippen molar-refractivity contribution in [3.8, 4) is 5.75 Å². The number of aliphatic hydroxyl groups excluding tert-OH is 4. The van der Waals surface area contributed by atoms with Gasteiger partial charge in [-0.15, -0.1) is 11.8 Å². The first-order chi connectivity index (χ1) is 12.8. The number of thioether (sulfide) groups is 1. The molecule has 2 aromatic carbocycles. The fraction of sp³-hybridized carbons (Fsp3) is 0.400. The minimum atomic E-state index is -1.41. The lowest BCUT2D eigenvalue weighted by Crippen LogP contribution is -2.51. The van der Waals surface area contributed by atoms with Gasteiger partial charge in [0.2, 0.25) is 0 Å². The molecule has 3 rings (SSSR count). The first kappa shape index (κ1) is 20.5. The number of benzene rings is 2. The van der Waals surface area contributed by atoms with Crippen molar-refractivity contribution >= 4 is 23.4 Å². The van der Waals surface area contributed by atoms with Crippen molar-refractivity contribution < 1.29 is 25.5 Å². The van der Waals surface area contributed by atoms with Crippen molar-refractivity contribution in [3.05, 3.63) is 63.7 Å². The molecule has 1 aliphatic rings. The van der Waals surface area contributed by atoms with Gasteiger partial charge in [0.05, 0.1) is 29.3 Å². The van der Waals surface area contributed by atoms with Crippen molar-refractivity contribution in [2.24, 2.45) is 0 Å². The first-order valence-corrected chi connectivity index (χ1v) is 10.0. The van der Waals surface area contributed by atoms with Crippen LogP contribution in [0.4, 0.5) is 0 Å². The van der Waals surface area contributed by atoms with Crippen molar-refractivity contribution in [2.45, 2.75) is 42.2 Å². The van der Waals surface area contributed by atoms with Crippen LogP contribution in [0.15, 0.2) is 36.4 Å². The molecule has 0 spiro atoms. The molecule has 0 aromatic heterocycles. The van der Waals surface area contributed by atoms with Gasteiger partial charge in [0.15, 0.2) is 0 Å². The lowest BCUT2D eigenvalue weighted by atomic mass is 9.94. The number of rotatable bonds is 4. The maximum atomic E-state index is 10.4. The average Bonchev–Trinajstić information content (AvgIpc) is 2.64. The normalized spacial score (nSPS) is 28.3. The van der Waals surface area contributed by atoms with Crippen LogP contribution in [0.2, 0.25) is 5.02 Å². The maximum absolute atomic E-state index is 10.4. The standard InChI is InChI=1S/C20H23ClO5S/c1-10-2-4-11(5-3-10)6-12-7-13(15(23)8-14(12)21)20-19(26)18(25)17(24)16(9-22)27-20/h2-5,7-8,16-20,22-26H,6,9H2,1H3/t16-,17-,18+,19-,20+/m1/s1. The number of hydrogen-bond donors (Lipinski definition) is 5. The Morgan fingerprint density at radius 1 is 1.00 bits per heavy atom. The summed E-state index contributed by atoms with van der Waals surface area (Å²) >= 11 is 7.44. The summed E-state index contributed by atoms with van der Waals surface area (Å²) in [6, 6.07) is 11.2. The van der Waals surface area contributed by atoms with Gasteiger partial charge in [-0.05, 0) is 36.6 Å². The van der Waals surface area contributed by atoms with Gasteiger partial charge < -0.3 is 25.5 Å². The average molecular weight is 411 g/mol. The highest BCUT2D eigenvalue weighted by Crippen LogP contribution is 2.46. The number of aromatic hydroxyl groups is 1. The number of phenolic OH excluding ortho intramolecular Hbond substituents is 1. The number of aryl methyl sites for hydroxylation is 1. The van der Waals surface area contributed by atoms with Crippen LogP contribution in [0.25, 0.3) is 0 Å². The van der Waals surface area contributed by atoms with Gasteiger partial charge in [0.25, 0.3) is 0 Å². The van der Waals surface area contributed by atoms with Crippen LogP contribution >= 0.6 is 23.4 Å². The lowest BCUT2D eigenvalue weighted by molar-refractivity contribution is -0.0701. The van der Waals surface area contributed by atoms with Crippen LogP contribution in [0, 0.1) is 6.92 Å². The predicted molar refractivity (Wildman–Crippen MR) is 106 cm³/mol. The molecule has 27 heavy (non-hydrogen) atoms. The van der Waals surface area contributed by atoms with Crippen LogP contribution in [0.5, 0.6) is 5.75 Å². The van der Waals surface area contributed by atoms with Crippen molar-refractivity contribution in [2.75, 3.05) is 6.61 Å². The largest absolute Gasteiger partial charge is 0.508 e. The second kappa shape index (κ2) is 8.39. The Morgan fingerprint density at radius 3 is 2.30 bits per heavy atom. The van der Waals surface area contributed by atoms with Gasteiger partial charge >= 0.3 is 0 Å². The van der Waals surface area contributed by atoms with Gasteiger partial charge in [0.1, 0.15) is 11.9 Å². The van der Waals surface area contributed by atoms with Crippen molar-refractivity contribution in [3.63, 3.8) is 0 Å². The molecule has 5 nitrogen and oxygen atoms in total. The Kier molecular flexibility index (Phi) is 6.35. The summed E-state index contributed by atoms with van der Waals surface area (Å²) in [5.41, 5.74) is 3.41. The van der Waals surface area contributed by atoms with Crippen LogP contribution in [-0.2, 0) is 6.42 Å². The zero-order valence-electron chi connectivity index (χ0n) is 14.8. The lowest BCUT2D eigenvalue weighted by Gasteiger charge is -2.39. The zero-order valence-corrected chi connectivity index (χ0v) is 16.4. The molecule has 1 saturated heterocycles. The highest BCUT2D eigenvalue weighted by Gasteiger charge is 2.44. The molecule has 1 fully saturated rings. The summed E-state index contributed by atoms with van der Waals surface area (Å²) in [4.78, 5) is 0. The van der Waals surface area contributed by atoms with Gasteiger partial charge in [-0.2, -0.15) is 0 Å². The Bertz CT molecular complexity index is 796. The van der Waals surface area contributed by atoms with Crippen LogP contribution < -0.4 is 0 Å². The third-order valence-electron chi connectivity index (χ3n) is 4.91. The van der Waals surface area contributed by atoms with E-state index in [1.54, 1.807) is 6.07 Å². The maximum Gasteiger partial charge on any atom is 0.121 e. The van der Waals surface area contributed by atoms with E-state index in [0.29, 0.717) is 17.0 Å². The molecule has 7 heteroatoms. The molecular formula is C20H23ClO5S. The van der Waals surface area contributed by atoms with E-state index >= 15 is 0 Å². The Hall–Kier alpha value is -1.28. The van der Waals surface area contributed by atoms with E-state index in [1.807, 2.05) is 31.2 Å². The van der Waals surface area contributed by atoms with E-state index in [0.717, 1.165) is 28.5 Å². The third-order valence-corrected chi connectivity index (χ3v) is 6.87. The molecule has 0 radical (unpaired) electrons. The molecule has 5 atom stereocenters. The Morgan fingerprint density at radius 2 is 1.67 bits per heavy atom. The van der Waals surface area contributed by atoms with Crippen LogP contribution in [0.3, 0.4) is 0 Å². The molecule has 0 amide bonds. The molecule has 1 aliphatic heterocycles. The van der Waals surface area contributed by atoms with E-state index in [2.05, 4.69) is 0 Å². The topological polar surface area (TPSA) is 101 Å². The SMILES string of the molecule is Cc1ccc(Cc2cc([C@@H]3S[C@H](CO)[C@@H](O)[C@H](O)[C@H]3O)c(O)cc2Cl)cc1. The van der Waals surface area contributed by atoms with Crippen LogP contribution in [-0.4, -0.2) is 55.7 Å². The van der Waals surface area contributed by atoms with E-state index in [4.69, 9.17) is 11.6 Å². The monoisotopic (exact) mass is 410 g/mol. The van der Waals surface area contributed by atoms with Crippen LogP contribution in [0.1, 0.15) is 27.5 Å². The number of hydrogen-bond acceptors (Lipinski definition) is 6. The fourth-order valence-corrected chi connectivity index (χ4v) is 4.94. The highest BCUT2D eigenvalue weighted by molar-refractivity contribution is 8.00. The minimum absolute atomic E-state index is 0.0931. The van der Waals surface area contributed by atoms with Gasteiger partial charge in [-0.25, -0.2) is 0 Å². The zero-order chi connectivity index (χ0) is 19.7. The molecule has 1 heterocycles. The highest BCUT2D eigenvalue weighted by atomic mass is 35.5. The predicted octanol–water partition coefficient (Wildman–Crippen LogP) is 2.18. The molecule has 0 unspecified atom stereocenters. The molecular weight excluding hydrogens is 388 g/mol. The Labute approximate surface area is 167 Å². The summed E-state index contributed by atoms with van der Waals surface area (Å²) in [7, 11) is 0. The first-order valence-electron chi connectivity index (χ1n) is 8.69. The minimum Gasteiger partial charge on any atom is -0.508 e. The summed E-state index contributed by atoms with van der Waals surface area (Å²) < 4.78 is 0. The fourth-order valence-electron chi connectivity index (χ4n) is 3.27. The van der Waals surface area contributed by atoms with Gasteiger partial charge in [-0.3, -0.25) is 0 Å². The second-order valence-corrected chi connectivity index (χ2v) is 8.71. The van der Waals surface area contributed by atoms with E-state index in [1.165, 1.54) is 6.07 Å². The molecule has 5 N–H and O–H groups in total. The van der Waals surface area contributed by atoms with Gasteiger partial charge in [0, 0.05) is 10.6 Å². The smallest absolute Gasteiger partial charge is 0.121 e. The van der Waals surface area contributed by atoms with E-state index in [9.17, 15) is 25.5 Å². The second-order valence-electron chi connectivity index (χ2n) is 6.91. The number of phenols is 1. The van der Waals surface area contributed by atoms with Crippen molar-refractivity contribution in [1.29, 1.82) is 0 Å². The molecule has 0 saturated carbocycles. The molecule has 0 aliphatic carbocycles. The summed E-state index contributed by atoms with van der Waals surface area (Å²) in [6.45, 7) is 1.66. The number of aliphatic hydroxyl groups is 4. The molecule has 146 valence electrons. The number of halogens is 1. The van der Waals surface area contributed by atoms with E-state index < -0.39 is 28.8 Å². The third kappa shape index (κ3) is 4.26. The van der Waals surface area contributed by atoms with Crippen molar-refractivity contribution in [1.82, 2.24) is 0 Å². The summed E-state index contributed by atoms with van der Waals surface area (Å²) in [6.07, 6.45) is -3.39. The quantitative estimate of drug-likeness (QED) is 0.529. The molecule has 2 aromatic rings. The molecule has 0 bridgehead atoms. The summed E-state index contributed by atoms with van der Waals surface area (Å²) in [5.74, 6) is -0.0931. The van der Waals surface area contributed by atoms with Gasteiger partial charge in [-0.1, -0.05) is 41.4 Å². The van der Waals surface area contributed by atoms with E-state index in [-0.39, 0.29) is 12.4 Å². The Balaban J connectivity index is 1.94.